The van der Waals surface area contributed by atoms with Crippen LogP contribution in [0.5, 0.6) is 0 Å². The Kier molecular flexibility index (Phi) is 5.86. The van der Waals surface area contributed by atoms with Gasteiger partial charge in [0.15, 0.2) is 0 Å². The lowest BCUT2D eigenvalue weighted by Crippen LogP contribution is -2.22. The van der Waals surface area contributed by atoms with Crippen LogP contribution in [-0.4, -0.2) is 22.4 Å². The van der Waals surface area contributed by atoms with Gasteiger partial charge in [0, 0.05) is 16.8 Å². The molecule has 0 aromatic heterocycles. The molecule has 0 heterocycles. The highest BCUT2D eigenvalue weighted by molar-refractivity contribution is 7.97. The van der Waals surface area contributed by atoms with Gasteiger partial charge < -0.3 is 4.31 Å². The zero-order valence-corrected chi connectivity index (χ0v) is 12.3. The quantitative estimate of drug-likeness (QED) is 0.438. The molecular formula is C13H19ClN2S. The highest BCUT2D eigenvalue weighted by Gasteiger charge is 2.04. The first-order chi connectivity index (χ1) is 8.04. The minimum atomic E-state index is 0.441. The van der Waals surface area contributed by atoms with Crippen LogP contribution in [0.15, 0.2) is 23.2 Å². The molecule has 0 N–H and O–H groups in total. The molecule has 0 saturated heterocycles. The van der Waals surface area contributed by atoms with E-state index in [1.54, 1.807) is 11.9 Å². The van der Waals surface area contributed by atoms with Gasteiger partial charge in [-0.2, -0.15) is 0 Å². The molecular weight excluding hydrogens is 252 g/mol. The van der Waals surface area contributed by atoms with E-state index >= 15 is 0 Å². The molecule has 0 aliphatic rings. The van der Waals surface area contributed by atoms with Crippen LogP contribution in [0.1, 0.15) is 26.3 Å². The normalized spacial score (nSPS) is 11.4. The molecule has 0 atom stereocenters. The fraction of sp³-hybridized carbons (Fsp3) is 0.462. The van der Waals surface area contributed by atoms with Crippen molar-refractivity contribution < 1.29 is 0 Å². The van der Waals surface area contributed by atoms with Crippen LogP contribution in [0.2, 0.25) is 5.02 Å². The Morgan fingerprint density at radius 1 is 1.47 bits per heavy atom. The molecule has 1 rings (SSSR count). The van der Waals surface area contributed by atoms with Gasteiger partial charge in [0.2, 0.25) is 0 Å². The fourth-order valence-electron chi connectivity index (χ4n) is 1.35. The van der Waals surface area contributed by atoms with Crippen molar-refractivity contribution >= 4 is 35.6 Å². The molecule has 4 heteroatoms. The van der Waals surface area contributed by atoms with Crippen LogP contribution in [0.25, 0.3) is 0 Å². The Balaban J connectivity index is 2.80. The third kappa shape index (κ3) is 4.60. The molecule has 0 spiro atoms. The largest absolute Gasteiger partial charge is 0.304 e. The number of hydrogen-bond donors (Lipinski definition) is 0. The summed E-state index contributed by atoms with van der Waals surface area (Å²) in [5.41, 5.74) is 2.07. The molecule has 17 heavy (non-hydrogen) atoms. The summed E-state index contributed by atoms with van der Waals surface area (Å²) in [5.74, 6) is 1.05. The van der Waals surface area contributed by atoms with Crippen LogP contribution >= 0.6 is 23.5 Å². The van der Waals surface area contributed by atoms with Gasteiger partial charge in [-0.25, -0.2) is 4.99 Å². The van der Waals surface area contributed by atoms with E-state index in [-0.39, 0.29) is 0 Å². The highest BCUT2D eigenvalue weighted by atomic mass is 35.5. The number of nitrogens with zero attached hydrogens (tertiary/aromatic N) is 2. The van der Waals surface area contributed by atoms with Crippen molar-refractivity contribution in [2.45, 2.75) is 33.7 Å². The van der Waals surface area contributed by atoms with E-state index < -0.39 is 0 Å². The maximum absolute atomic E-state index is 5.91. The summed E-state index contributed by atoms with van der Waals surface area (Å²) >= 11 is 7.68. The molecule has 0 amide bonds. The number of benzene rings is 1. The average molecular weight is 271 g/mol. The first-order valence-corrected chi connectivity index (χ1v) is 7.08. The number of aryl methyl sites for hydroxylation is 1. The second kappa shape index (κ2) is 6.92. The Hall–Kier alpha value is -0.670. The van der Waals surface area contributed by atoms with E-state index in [1.165, 1.54) is 0 Å². The summed E-state index contributed by atoms with van der Waals surface area (Å²) in [6.07, 6.45) is 1.90. The molecule has 0 fully saturated rings. The number of halogens is 1. The summed E-state index contributed by atoms with van der Waals surface area (Å²) in [6, 6.07) is 6.19. The van der Waals surface area contributed by atoms with Crippen molar-refractivity contribution in [3.63, 3.8) is 0 Å². The molecule has 1 aromatic rings. The van der Waals surface area contributed by atoms with E-state index in [1.807, 2.05) is 31.5 Å². The monoisotopic (exact) mass is 270 g/mol. The molecule has 0 aliphatic carbocycles. The highest BCUT2D eigenvalue weighted by Crippen LogP contribution is 2.22. The zero-order chi connectivity index (χ0) is 12.8. The second-order valence-corrected chi connectivity index (χ2v) is 5.74. The van der Waals surface area contributed by atoms with Crippen molar-refractivity contribution in [1.82, 2.24) is 4.31 Å². The van der Waals surface area contributed by atoms with Gasteiger partial charge in [0.25, 0.3) is 0 Å². The number of hydrogen-bond acceptors (Lipinski definition) is 2. The van der Waals surface area contributed by atoms with Crippen molar-refractivity contribution in [2.75, 3.05) is 5.75 Å². The van der Waals surface area contributed by atoms with E-state index in [9.17, 15) is 0 Å². The van der Waals surface area contributed by atoms with Crippen LogP contribution in [-0.2, 0) is 0 Å². The van der Waals surface area contributed by atoms with Crippen molar-refractivity contribution in [3.8, 4) is 0 Å². The lowest BCUT2D eigenvalue weighted by atomic mass is 10.2. The lowest BCUT2D eigenvalue weighted by Gasteiger charge is -2.21. The van der Waals surface area contributed by atoms with Crippen LogP contribution in [0.3, 0.4) is 0 Å². The molecule has 1 aromatic carbocycles. The maximum atomic E-state index is 5.91. The van der Waals surface area contributed by atoms with E-state index in [0.29, 0.717) is 6.04 Å². The summed E-state index contributed by atoms with van der Waals surface area (Å²) < 4.78 is 2.16. The van der Waals surface area contributed by atoms with Gasteiger partial charge in [-0.15, -0.1) is 0 Å². The Labute approximate surface area is 113 Å². The SMILES string of the molecule is CCSN(C=Nc1ccc(Cl)cc1C)C(C)C. The van der Waals surface area contributed by atoms with Crippen molar-refractivity contribution in [1.29, 1.82) is 0 Å². The predicted molar refractivity (Wildman–Crippen MR) is 79.4 cm³/mol. The van der Waals surface area contributed by atoms with E-state index in [0.717, 1.165) is 22.0 Å². The standard InChI is InChI=1S/C13H19ClN2S/c1-5-17-16(10(2)3)9-15-13-7-6-12(14)8-11(13)4/h6-10H,5H2,1-4H3. The van der Waals surface area contributed by atoms with Gasteiger partial charge in [-0.05, 0) is 56.5 Å². The second-order valence-electron chi connectivity index (χ2n) is 4.05. The minimum absolute atomic E-state index is 0.441. The smallest absolute Gasteiger partial charge is 0.101 e. The Bertz CT molecular complexity index is 391. The lowest BCUT2D eigenvalue weighted by molar-refractivity contribution is 0.563. The maximum Gasteiger partial charge on any atom is 0.101 e. The summed E-state index contributed by atoms with van der Waals surface area (Å²) in [7, 11) is 0. The van der Waals surface area contributed by atoms with Crippen LogP contribution in [0.4, 0.5) is 5.69 Å². The molecule has 0 radical (unpaired) electrons. The molecule has 94 valence electrons. The number of rotatable bonds is 5. The molecule has 0 saturated carbocycles. The minimum Gasteiger partial charge on any atom is -0.304 e. The number of aliphatic imine (C=N–C) groups is 1. The van der Waals surface area contributed by atoms with Crippen molar-refractivity contribution in [2.24, 2.45) is 4.99 Å². The van der Waals surface area contributed by atoms with Gasteiger partial charge in [-0.3, -0.25) is 0 Å². The summed E-state index contributed by atoms with van der Waals surface area (Å²) in [5, 5.41) is 0.755. The summed E-state index contributed by atoms with van der Waals surface area (Å²) in [6.45, 7) is 8.47. The topological polar surface area (TPSA) is 15.6 Å². The van der Waals surface area contributed by atoms with Crippen LogP contribution in [0, 0.1) is 6.92 Å². The zero-order valence-electron chi connectivity index (χ0n) is 10.8. The van der Waals surface area contributed by atoms with Crippen molar-refractivity contribution in [3.05, 3.63) is 28.8 Å². The van der Waals surface area contributed by atoms with Gasteiger partial charge in [0.05, 0.1) is 5.69 Å². The fourth-order valence-corrected chi connectivity index (χ4v) is 2.28. The molecule has 0 unspecified atom stereocenters. The van der Waals surface area contributed by atoms with E-state index in [2.05, 4.69) is 30.1 Å². The summed E-state index contributed by atoms with van der Waals surface area (Å²) in [4.78, 5) is 4.51. The van der Waals surface area contributed by atoms with Crippen LogP contribution < -0.4 is 0 Å². The molecule has 0 aliphatic heterocycles. The van der Waals surface area contributed by atoms with Gasteiger partial charge in [-0.1, -0.05) is 18.5 Å². The van der Waals surface area contributed by atoms with Gasteiger partial charge >= 0.3 is 0 Å². The average Bonchev–Trinajstić information content (AvgIpc) is 2.25. The Morgan fingerprint density at radius 3 is 2.71 bits per heavy atom. The van der Waals surface area contributed by atoms with E-state index in [4.69, 9.17) is 11.6 Å². The van der Waals surface area contributed by atoms with Gasteiger partial charge in [0.1, 0.15) is 6.34 Å². The Morgan fingerprint density at radius 2 is 2.18 bits per heavy atom. The predicted octanol–water partition coefficient (Wildman–Crippen LogP) is 4.69. The third-order valence-corrected chi connectivity index (χ3v) is 3.56. The first kappa shape index (κ1) is 14.4. The molecule has 2 nitrogen and oxygen atoms in total. The molecule has 0 bridgehead atoms. The first-order valence-electron chi connectivity index (χ1n) is 5.76. The third-order valence-electron chi connectivity index (χ3n) is 2.26.